The molecule has 24 heavy (non-hydrogen) atoms. The molecule has 2 N–H and O–H groups in total. The van der Waals surface area contributed by atoms with Crippen LogP contribution in [-0.2, 0) is 10.0 Å². The lowest BCUT2D eigenvalue weighted by molar-refractivity contribution is 0.102. The Kier molecular flexibility index (Phi) is 6.03. The number of nitrogens with zero attached hydrogens (tertiary/aromatic N) is 2. The number of carbonyl (C=O) groups excluding carboxylic acids is 1. The van der Waals surface area contributed by atoms with Crippen molar-refractivity contribution in [2.45, 2.75) is 44.0 Å². The Morgan fingerprint density at radius 1 is 1.25 bits per heavy atom. The highest BCUT2D eigenvalue weighted by atomic mass is 32.2. The van der Waals surface area contributed by atoms with Gasteiger partial charge in [-0.1, -0.05) is 42.9 Å². The van der Waals surface area contributed by atoms with Crippen LogP contribution in [0.3, 0.4) is 0 Å². The lowest BCUT2D eigenvalue weighted by Crippen LogP contribution is -2.33. The van der Waals surface area contributed by atoms with Gasteiger partial charge in [-0.25, -0.2) is 13.1 Å². The molecule has 1 heterocycles. The molecule has 1 amide bonds. The predicted octanol–water partition coefficient (Wildman–Crippen LogP) is 2.57. The minimum Gasteiger partial charge on any atom is -0.296 e. The summed E-state index contributed by atoms with van der Waals surface area (Å²) in [5.41, 5.74) is 1.43. The minimum absolute atomic E-state index is 0.145. The van der Waals surface area contributed by atoms with Gasteiger partial charge in [0.25, 0.3) is 15.9 Å². The van der Waals surface area contributed by atoms with Gasteiger partial charge in [0, 0.05) is 11.6 Å². The van der Waals surface area contributed by atoms with Crippen LogP contribution >= 0.6 is 11.3 Å². The van der Waals surface area contributed by atoms with Crippen molar-refractivity contribution >= 4 is 32.4 Å². The van der Waals surface area contributed by atoms with Crippen LogP contribution in [0, 0.1) is 6.92 Å². The van der Waals surface area contributed by atoms with Crippen molar-refractivity contribution < 1.29 is 13.2 Å². The molecule has 0 aliphatic carbocycles. The fourth-order valence-corrected chi connectivity index (χ4v) is 4.36. The summed E-state index contributed by atoms with van der Waals surface area (Å²) in [6.45, 7) is 5.70. The van der Waals surface area contributed by atoms with Gasteiger partial charge in [-0.15, -0.1) is 10.2 Å². The van der Waals surface area contributed by atoms with E-state index in [0.29, 0.717) is 18.4 Å². The molecule has 0 fully saturated rings. The third-order valence-corrected chi connectivity index (χ3v) is 6.17. The predicted molar refractivity (Wildman–Crippen MR) is 93.7 cm³/mol. The molecule has 2 aromatic rings. The monoisotopic (exact) mass is 368 g/mol. The van der Waals surface area contributed by atoms with E-state index in [1.807, 2.05) is 26.8 Å². The summed E-state index contributed by atoms with van der Waals surface area (Å²) in [5.74, 6) is -0.355. The van der Waals surface area contributed by atoms with Crippen molar-refractivity contribution in [1.82, 2.24) is 14.9 Å². The molecule has 2 rings (SSSR count). The van der Waals surface area contributed by atoms with Crippen molar-refractivity contribution in [2.75, 3.05) is 5.32 Å². The SMILES string of the molecule is CCC(CC)NS(=O)(=O)c1nnc(NC(=O)c2cccc(C)c2)s1. The molecule has 130 valence electrons. The van der Waals surface area contributed by atoms with Gasteiger partial charge in [-0.3, -0.25) is 10.1 Å². The van der Waals surface area contributed by atoms with E-state index in [9.17, 15) is 13.2 Å². The van der Waals surface area contributed by atoms with Gasteiger partial charge in [-0.2, -0.15) is 0 Å². The third kappa shape index (κ3) is 4.59. The number of amides is 1. The minimum atomic E-state index is -3.73. The molecule has 0 saturated carbocycles. The molecular weight excluding hydrogens is 348 g/mol. The van der Waals surface area contributed by atoms with Crippen LogP contribution < -0.4 is 10.0 Å². The number of anilines is 1. The van der Waals surface area contributed by atoms with Gasteiger partial charge in [0.05, 0.1) is 0 Å². The summed E-state index contributed by atoms with van der Waals surface area (Å²) in [4.78, 5) is 12.2. The zero-order valence-corrected chi connectivity index (χ0v) is 15.4. The molecule has 0 atom stereocenters. The zero-order valence-electron chi connectivity index (χ0n) is 13.7. The van der Waals surface area contributed by atoms with Crippen LogP contribution in [0.1, 0.15) is 42.6 Å². The highest BCUT2D eigenvalue weighted by molar-refractivity contribution is 7.91. The van der Waals surface area contributed by atoms with E-state index in [4.69, 9.17) is 0 Å². The molecule has 1 aromatic carbocycles. The molecule has 7 nitrogen and oxygen atoms in total. The Morgan fingerprint density at radius 3 is 2.58 bits per heavy atom. The van der Waals surface area contributed by atoms with Crippen LogP contribution in [0.5, 0.6) is 0 Å². The van der Waals surface area contributed by atoms with Gasteiger partial charge in [0.1, 0.15) is 0 Å². The second kappa shape index (κ2) is 7.82. The average Bonchev–Trinajstić information content (AvgIpc) is 3.02. The second-order valence-corrected chi connectivity index (χ2v) is 8.20. The average molecular weight is 368 g/mol. The maximum absolute atomic E-state index is 12.3. The van der Waals surface area contributed by atoms with Crippen LogP contribution in [0.4, 0.5) is 5.13 Å². The summed E-state index contributed by atoms with van der Waals surface area (Å²) in [6.07, 6.45) is 1.37. The van der Waals surface area contributed by atoms with E-state index in [1.54, 1.807) is 18.2 Å². The van der Waals surface area contributed by atoms with Crippen LogP contribution in [0.25, 0.3) is 0 Å². The maximum Gasteiger partial charge on any atom is 0.270 e. The Bertz CT molecular complexity index is 814. The maximum atomic E-state index is 12.3. The second-order valence-electron chi connectivity index (χ2n) is 5.33. The number of rotatable bonds is 7. The number of hydrogen-bond donors (Lipinski definition) is 2. The van der Waals surface area contributed by atoms with Crippen LogP contribution in [0.15, 0.2) is 28.6 Å². The number of aryl methyl sites for hydroxylation is 1. The van der Waals surface area contributed by atoms with Gasteiger partial charge in [0.15, 0.2) is 0 Å². The van der Waals surface area contributed by atoms with Gasteiger partial charge < -0.3 is 0 Å². The number of benzene rings is 1. The molecule has 0 radical (unpaired) electrons. The van der Waals surface area contributed by atoms with E-state index in [1.165, 1.54) is 0 Å². The third-order valence-electron chi connectivity index (χ3n) is 3.44. The molecule has 0 bridgehead atoms. The normalized spacial score (nSPS) is 11.7. The lowest BCUT2D eigenvalue weighted by Gasteiger charge is -2.12. The molecular formula is C15H20N4O3S2. The van der Waals surface area contributed by atoms with Crippen molar-refractivity contribution in [2.24, 2.45) is 0 Å². The van der Waals surface area contributed by atoms with Gasteiger partial charge >= 0.3 is 0 Å². The number of sulfonamides is 1. The highest BCUT2D eigenvalue weighted by Crippen LogP contribution is 2.21. The summed E-state index contributed by atoms with van der Waals surface area (Å²) in [7, 11) is -3.73. The molecule has 0 spiro atoms. The first-order chi connectivity index (χ1) is 11.4. The number of hydrogen-bond acceptors (Lipinski definition) is 6. The largest absolute Gasteiger partial charge is 0.296 e. The molecule has 0 saturated heterocycles. The van der Waals surface area contributed by atoms with Crippen molar-refractivity contribution in [1.29, 1.82) is 0 Å². The lowest BCUT2D eigenvalue weighted by atomic mass is 10.1. The van der Waals surface area contributed by atoms with Crippen molar-refractivity contribution in [3.05, 3.63) is 35.4 Å². The van der Waals surface area contributed by atoms with Crippen molar-refractivity contribution in [3.63, 3.8) is 0 Å². The first kappa shape index (κ1) is 18.5. The molecule has 0 aliphatic rings. The summed E-state index contributed by atoms with van der Waals surface area (Å²) in [5, 5.41) is 10.1. The van der Waals surface area contributed by atoms with Crippen LogP contribution in [0.2, 0.25) is 0 Å². The fourth-order valence-electron chi connectivity index (χ4n) is 2.05. The topological polar surface area (TPSA) is 101 Å². The first-order valence-electron chi connectivity index (χ1n) is 7.59. The Labute approximate surface area is 145 Å². The number of nitrogens with one attached hydrogen (secondary N) is 2. The fraction of sp³-hybridized carbons (Fsp3) is 0.400. The molecule has 0 unspecified atom stereocenters. The first-order valence-corrected chi connectivity index (χ1v) is 9.89. The van der Waals surface area contributed by atoms with E-state index >= 15 is 0 Å². The Hall–Kier alpha value is -1.84. The van der Waals surface area contributed by atoms with E-state index in [0.717, 1.165) is 16.9 Å². The zero-order chi connectivity index (χ0) is 17.7. The number of aromatic nitrogens is 2. The summed E-state index contributed by atoms with van der Waals surface area (Å²) in [6, 6.07) is 6.93. The molecule has 9 heteroatoms. The van der Waals surface area contributed by atoms with E-state index in [-0.39, 0.29) is 21.4 Å². The van der Waals surface area contributed by atoms with Crippen LogP contribution in [-0.4, -0.2) is 30.6 Å². The Balaban J connectivity index is 2.11. The Morgan fingerprint density at radius 2 is 1.96 bits per heavy atom. The molecule has 0 aliphatic heterocycles. The van der Waals surface area contributed by atoms with Crippen molar-refractivity contribution in [3.8, 4) is 0 Å². The highest BCUT2D eigenvalue weighted by Gasteiger charge is 2.23. The standard InChI is InChI=1S/C15H20N4O3S2/c1-4-12(5-2)19-24(21,22)15-18-17-14(23-15)16-13(20)11-8-6-7-10(3)9-11/h6-9,12,19H,4-5H2,1-3H3,(H,16,17,20). The van der Waals surface area contributed by atoms with Gasteiger partial charge in [-0.05, 0) is 31.9 Å². The van der Waals surface area contributed by atoms with E-state index < -0.39 is 10.0 Å². The van der Waals surface area contributed by atoms with Gasteiger partial charge in [0.2, 0.25) is 9.47 Å². The van der Waals surface area contributed by atoms with E-state index in [2.05, 4.69) is 20.2 Å². The quantitative estimate of drug-likeness (QED) is 0.732. The molecule has 1 aromatic heterocycles. The summed E-state index contributed by atoms with van der Waals surface area (Å²) >= 11 is 0.825. The smallest absolute Gasteiger partial charge is 0.270 e. The summed E-state index contributed by atoms with van der Waals surface area (Å²) < 4.78 is 26.9. The number of carbonyl (C=O) groups is 1.